The fourth-order valence-electron chi connectivity index (χ4n) is 4.42. The number of nitrogens with one attached hydrogen (secondary N) is 2. The van der Waals surface area contributed by atoms with Gasteiger partial charge >= 0.3 is 12.1 Å². The Morgan fingerprint density at radius 1 is 1.09 bits per heavy atom. The van der Waals surface area contributed by atoms with Crippen molar-refractivity contribution in [3.05, 3.63) is 42.0 Å². The number of rotatable bonds is 3. The summed E-state index contributed by atoms with van der Waals surface area (Å²) < 4.78 is 26.0. The average molecular weight is 481 g/mol. The summed E-state index contributed by atoms with van der Waals surface area (Å²) in [5, 5.41) is 16.4. The first-order valence-corrected chi connectivity index (χ1v) is 11.3. The Balaban J connectivity index is 1.46. The number of benzene rings is 1. The first-order chi connectivity index (χ1) is 16.9. The van der Waals surface area contributed by atoms with Gasteiger partial charge in [-0.15, -0.1) is 0 Å². The molecule has 35 heavy (non-hydrogen) atoms. The first-order valence-electron chi connectivity index (χ1n) is 11.3. The number of aromatic nitrogens is 2. The van der Waals surface area contributed by atoms with Crippen LogP contribution in [0.3, 0.4) is 0 Å². The van der Waals surface area contributed by atoms with Gasteiger partial charge < -0.3 is 19.9 Å². The number of hydrogen-bond donors (Lipinski definition) is 3. The predicted molar refractivity (Wildman–Crippen MR) is 127 cm³/mol. The second-order valence-corrected chi connectivity index (χ2v) is 8.47. The molecule has 0 saturated carbocycles. The number of urea groups is 1. The van der Waals surface area contributed by atoms with E-state index in [2.05, 4.69) is 20.6 Å². The molecule has 5 rings (SSSR count). The van der Waals surface area contributed by atoms with E-state index < -0.39 is 11.9 Å². The van der Waals surface area contributed by atoms with Gasteiger partial charge in [0.25, 0.3) is 0 Å². The normalized spacial score (nSPS) is 15.9. The van der Waals surface area contributed by atoms with E-state index in [1.54, 1.807) is 19.1 Å². The summed E-state index contributed by atoms with van der Waals surface area (Å²) in [5.74, 6) is 0.0263. The van der Waals surface area contributed by atoms with Gasteiger partial charge in [-0.2, -0.15) is 0 Å². The highest BCUT2D eigenvalue weighted by Gasteiger charge is 2.28. The quantitative estimate of drug-likeness (QED) is 0.518. The number of hydrogen-bond acceptors (Lipinski definition) is 6. The number of halogens is 1. The molecule has 2 aliphatic rings. The fourth-order valence-corrected chi connectivity index (χ4v) is 4.42. The van der Waals surface area contributed by atoms with Crippen molar-refractivity contribution in [2.24, 2.45) is 0 Å². The van der Waals surface area contributed by atoms with Gasteiger partial charge in [-0.1, -0.05) is 0 Å². The first kappa shape index (κ1) is 22.8. The van der Waals surface area contributed by atoms with Crippen LogP contribution in [-0.2, 0) is 4.74 Å². The molecule has 182 valence electrons. The van der Waals surface area contributed by atoms with Crippen LogP contribution in [0.15, 0.2) is 30.6 Å². The zero-order valence-electron chi connectivity index (χ0n) is 19.0. The minimum atomic E-state index is -1.13. The molecule has 4 heterocycles. The Kier molecular flexibility index (Phi) is 6.08. The fraction of sp³-hybridized carbons (Fsp3) is 0.333. The van der Waals surface area contributed by atoms with Gasteiger partial charge in [-0.25, -0.2) is 23.9 Å². The molecule has 0 aliphatic carbocycles. The van der Waals surface area contributed by atoms with E-state index in [-0.39, 0.29) is 36.7 Å². The van der Waals surface area contributed by atoms with Crippen LogP contribution in [0.5, 0.6) is 5.88 Å². The highest BCUT2D eigenvalue weighted by Crippen LogP contribution is 2.40. The largest absolute Gasteiger partial charge is 0.474 e. The maximum absolute atomic E-state index is 15.1. The third-order valence-electron chi connectivity index (χ3n) is 6.22. The summed E-state index contributed by atoms with van der Waals surface area (Å²) in [6, 6.07) is 4.33. The van der Waals surface area contributed by atoms with Crippen LogP contribution >= 0.6 is 0 Å². The van der Waals surface area contributed by atoms with Gasteiger partial charge in [0.2, 0.25) is 5.88 Å². The van der Waals surface area contributed by atoms with Crippen molar-refractivity contribution in [1.29, 1.82) is 0 Å². The van der Waals surface area contributed by atoms with Crippen molar-refractivity contribution in [3.63, 3.8) is 0 Å². The molecule has 11 heteroatoms. The van der Waals surface area contributed by atoms with Crippen molar-refractivity contribution in [3.8, 4) is 17.0 Å². The van der Waals surface area contributed by atoms with Gasteiger partial charge in [-0.3, -0.25) is 10.2 Å². The average Bonchev–Trinajstić information content (AvgIpc) is 2.84. The lowest BCUT2D eigenvalue weighted by Gasteiger charge is -2.28. The van der Waals surface area contributed by atoms with Crippen molar-refractivity contribution in [1.82, 2.24) is 15.3 Å². The summed E-state index contributed by atoms with van der Waals surface area (Å²) in [4.78, 5) is 33.7. The van der Waals surface area contributed by atoms with Crippen LogP contribution in [-0.4, -0.2) is 59.6 Å². The summed E-state index contributed by atoms with van der Waals surface area (Å²) in [6.07, 6.45) is 3.34. The van der Waals surface area contributed by atoms with Crippen molar-refractivity contribution in [2.45, 2.75) is 25.8 Å². The number of pyridine rings is 2. The van der Waals surface area contributed by atoms with Gasteiger partial charge in [0.05, 0.1) is 6.54 Å². The molecule has 0 radical (unpaired) electrons. The third kappa shape index (κ3) is 4.54. The minimum Gasteiger partial charge on any atom is -0.474 e. The lowest BCUT2D eigenvalue weighted by Crippen LogP contribution is -2.41. The molecular weight excluding hydrogens is 457 g/mol. The molecule has 0 atom stereocenters. The molecule has 2 aliphatic heterocycles. The molecule has 1 aromatic carbocycles. The number of carbonyl (C=O) groups is 2. The van der Waals surface area contributed by atoms with Crippen LogP contribution in [0.4, 0.5) is 25.5 Å². The summed E-state index contributed by atoms with van der Waals surface area (Å²) >= 11 is 0. The van der Waals surface area contributed by atoms with E-state index in [1.807, 2.05) is 0 Å². The Morgan fingerprint density at radius 2 is 1.89 bits per heavy atom. The topological polar surface area (TPSA) is 126 Å². The molecule has 0 bridgehead atoms. The monoisotopic (exact) mass is 481 g/mol. The number of ether oxygens (including phenoxy) is 2. The summed E-state index contributed by atoms with van der Waals surface area (Å²) in [7, 11) is 0. The third-order valence-corrected chi connectivity index (χ3v) is 6.22. The highest BCUT2D eigenvalue weighted by atomic mass is 19.1. The molecular formula is C24H24FN5O5. The van der Waals surface area contributed by atoms with Crippen molar-refractivity contribution in [2.75, 3.05) is 36.6 Å². The van der Waals surface area contributed by atoms with Crippen LogP contribution in [0.1, 0.15) is 18.4 Å². The zero-order valence-corrected chi connectivity index (χ0v) is 19.0. The van der Waals surface area contributed by atoms with E-state index in [9.17, 15) is 14.7 Å². The molecule has 2 aromatic heterocycles. The molecule has 10 nitrogen and oxygen atoms in total. The number of amides is 3. The van der Waals surface area contributed by atoms with E-state index in [0.29, 0.717) is 46.6 Å². The van der Waals surface area contributed by atoms with Crippen LogP contribution in [0, 0.1) is 12.7 Å². The van der Waals surface area contributed by atoms with Gasteiger partial charge in [-0.05, 0) is 48.9 Å². The Bertz CT molecular complexity index is 1310. The second-order valence-electron chi connectivity index (χ2n) is 8.47. The summed E-state index contributed by atoms with van der Waals surface area (Å²) in [6.45, 7) is 3.29. The predicted octanol–water partition coefficient (Wildman–Crippen LogP) is 3.92. The number of carbonyl (C=O) groups excluding carboxylic acids is 1. The van der Waals surface area contributed by atoms with E-state index >= 15 is 4.39 Å². The molecule has 3 amide bonds. The van der Waals surface area contributed by atoms with Gasteiger partial charge in [0, 0.05) is 48.2 Å². The number of carboxylic acid groups (broad SMARTS) is 1. The molecule has 0 spiro atoms. The second kappa shape index (κ2) is 9.34. The maximum Gasteiger partial charge on any atom is 0.412 e. The molecule has 0 unspecified atom stereocenters. The number of nitrogens with zero attached hydrogens (tertiary/aromatic N) is 3. The molecule has 3 aromatic rings. The van der Waals surface area contributed by atoms with Crippen LogP contribution in [0.2, 0.25) is 0 Å². The van der Waals surface area contributed by atoms with E-state index in [4.69, 9.17) is 9.47 Å². The SMILES string of the molecule is Cc1c(-c2cc3cc(NC(=O)NC4CCOCC4)ncc3cc2F)cnc2c1N(C(=O)O)CCO2. The van der Waals surface area contributed by atoms with E-state index in [1.165, 1.54) is 18.5 Å². The Labute approximate surface area is 200 Å². The lowest BCUT2D eigenvalue weighted by atomic mass is 9.98. The Morgan fingerprint density at radius 3 is 2.66 bits per heavy atom. The van der Waals surface area contributed by atoms with Crippen LogP contribution in [0.25, 0.3) is 21.9 Å². The lowest BCUT2D eigenvalue weighted by molar-refractivity contribution is 0.0806. The smallest absolute Gasteiger partial charge is 0.412 e. The molecule has 1 fully saturated rings. The Hall–Kier alpha value is -3.99. The van der Waals surface area contributed by atoms with Crippen LogP contribution < -0.4 is 20.3 Å². The number of fused-ring (bicyclic) bond motifs is 2. The maximum atomic E-state index is 15.1. The van der Waals surface area contributed by atoms with Crippen molar-refractivity contribution >= 4 is 34.4 Å². The number of anilines is 2. The zero-order chi connectivity index (χ0) is 24.5. The van der Waals surface area contributed by atoms with Gasteiger partial charge in [0.1, 0.15) is 23.9 Å². The standard InChI is InChI=1S/C24H24FN5O5/c1-13-18(12-27-22-21(13)30(24(32)33)4-7-35-22)17-8-14-10-20(26-11-15(14)9-19(17)25)29-23(31)28-16-2-5-34-6-3-16/h8-12,16H,2-7H2,1H3,(H,32,33)(H2,26,28,29,31). The molecule has 3 N–H and O–H groups in total. The minimum absolute atomic E-state index is 0.0405. The van der Waals surface area contributed by atoms with Crippen molar-refractivity contribution < 1.29 is 28.6 Å². The van der Waals surface area contributed by atoms with Gasteiger partial charge in [0.15, 0.2) is 0 Å². The highest BCUT2D eigenvalue weighted by molar-refractivity contribution is 5.95. The van der Waals surface area contributed by atoms with E-state index in [0.717, 1.165) is 17.7 Å². The summed E-state index contributed by atoms with van der Waals surface area (Å²) in [5.41, 5.74) is 1.55. The molecule has 1 saturated heterocycles.